The number of anilines is 1. The highest BCUT2D eigenvalue weighted by atomic mass is 32.2. The number of hydrogen-bond donors (Lipinski definition) is 1. The minimum atomic E-state index is -3.87. The van der Waals surface area contributed by atoms with Crippen LogP contribution in [0.2, 0.25) is 0 Å². The third-order valence-electron chi connectivity index (χ3n) is 7.21. The van der Waals surface area contributed by atoms with Crippen molar-refractivity contribution in [3.8, 4) is 0 Å². The molecule has 1 aliphatic rings. The fourth-order valence-electron chi connectivity index (χ4n) is 4.36. The maximum atomic E-state index is 13.2. The monoisotopic (exact) mass is 497 g/mol. The van der Waals surface area contributed by atoms with Gasteiger partial charge in [-0.25, -0.2) is 13.1 Å². The van der Waals surface area contributed by atoms with Gasteiger partial charge >= 0.3 is 0 Å². The summed E-state index contributed by atoms with van der Waals surface area (Å²) in [5.74, 6) is 0. The molecule has 1 aromatic heterocycles. The molecular weight excluding hydrogens is 466 g/mol. The zero-order valence-corrected chi connectivity index (χ0v) is 21.6. The zero-order chi connectivity index (χ0) is 25.8. The molecule has 1 saturated heterocycles. The molecule has 0 bridgehead atoms. The molecule has 0 atom stereocenters. The normalized spacial score (nSPS) is 20.4. The van der Waals surface area contributed by atoms with Crippen molar-refractivity contribution in [3.63, 3.8) is 0 Å². The molecule has 1 radical (unpaired) electrons. The molecule has 0 unspecified atom stereocenters. The fourth-order valence-corrected chi connectivity index (χ4v) is 5.58. The van der Waals surface area contributed by atoms with E-state index >= 15 is 0 Å². The predicted octanol–water partition coefficient (Wildman–Crippen LogP) is 3.80. The van der Waals surface area contributed by atoms with Gasteiger partial charge in [0, 0.05) is 36.1 Å². The van der Waals surface area contributed by atoms with Crippen molar-refractivity contribution >= 4 is 26.5 Å². The molecule has 2 heterocycles. The molecule has 0 spiro atoms. The van der Waals surface area contributed by atoms with Gasteiger partial charge in [0.05, 0.1) is 28.4 Å². The van der Waals surface area contributed by atoms with E-state index in [2.05, 4.69) is 9.71 Å². The van der Waals surface area contributed by atoms with Crippen LogP contribution in [0.5, 0.6) is 0 Å². The van der Waals surface area contributed by atoms with Crippen molar-refractivity contribution in [2.75, 3.05) is 19.0 Å². The number of hydrogen-bond acceptors (Lipinski definition) is 7. The molecule has 10 heteroatoms. The smallest absolute Gasteiger partial charge is 0.241 e. The summed E-state index contributed by atoms with van der Waals surface area (Å²) in [5.41, 5.74) is -0.256. The Labute approximate surface area is 206 Å². The van der Waals surface area contributed by atoms with E-state index in [1.807, 2.05) is 37.2 Å². The van der Waals surface area contributed by atoms with Crippen LogP contribution in [0.4, 0.5) is 5.69 Å². The Morgan fingerprint density at radius 3 is 2.23 bits per heavy atom. The largest absolute Gasteiger partial charge is 0.783 e. The summed E-state index contributed by atoms with van der Waals surface area (Å²) in [5, 5.41) is 29.0. The Morgan fingerprint density at radius 2 is 1.60 bits per heavy atom. The van der Waals surface area contributed by atoms with Crippen molar-refractivity contribution in [1.29, 1.82) is 0 Å². The van der Waals surface area contributed by atoms with E-state index in [-0.39, 0.29) is 17.1 Å². The minimum Gasteiger partial charge on any atom is -0.783 e. The molecule has 9 nitrogen and oxygen atoms in total. The second-order valence-electron chi connectivity index (χ2n) is 10.0. The Morgan fingerprint density at radius 1 is 0.971 bits per heavy atom. The van der Waals surface area contributed by atoms with Gasteiger partial charge in [0.15, 0.2) is 0 Å². The van der Waals surface area contributed by atoms with E-state index in [0.717, 1.165) is 21.2 Å². The molecule has 0 amide bonds. The molecule has 0 aliphatic carbocycles. The molecule has 187 valence electrons. The molecule has 2 aromatic carbocycles. The van der Waals surface area contributed by atoms with Gasteiger partial charge in [-0.05, 0) is 52.0 Å². The molecule has 4 rings (SSSR count). The van der Waals surface area contributed by atoms with Crippen molar-refractivity contribution < 1.29 is 13.6 Å². The van der Waals surface area contributed by atoms with Gasteiger partial charge in [-0.1, -0.05) is 30.3 Å². The Bertz CT molecular complexity index is 1340. The molecule has 1 N–H and O–H groups in total. The first-order valence-electron chi connectivity index (χ1n) is 11.4. The topological polar surface area (TPSA) is 112 Å². The van der Waals surface area contributed by atoms with Crippen LogP contribution in [0.3, 0.4) is 0 Å². The van der Waals surface area contributed by atoms with Crippen LogP contribution in [0.25, 0.3) is 10.8 Å². The van der Waals surface area contributed by atoms with Gasteiger partial charge in [0.25, 0.3) is 0 Å². The Balaban J connectivity index is 1.61. The third-order valence-corrected chi connectivity index (χ3v) is 8.67. The van der Waals surface area contributed by atoms with Gasteiger partial charge < -0.3 is 15.2 Å². The number of hydroxylamine groups is 4. The lowest BCUT2D eigenvalue weighted by Gasteiger charge is -2.44. The standard InChI is InChI=1S/C25H31N5O4S/c1-24(2)25(3,4)30(32)23(29(24)31)20-13-7-10-17(27-20)16-26-35(33,34)22-15-9-11-18-19(22)12-8-14-21(18)28(5)6/h7-15,23,26H,16H2,1-6H3/q-1. The Hall–Kier alpha value is -2.60. The summed E-state index contributed by atoms with van der Waals surface area (Å²) < 4.78 is 29.1. The fraction of sp³-hybridized carbons (Fsp3) is 0.400. The van der Waals surface area contributed by atoms with Crippen molar-refractivity contribution in [3.05, 3.63) is 71.2 Å². The SMILES string of the molecule is CN(C)c1cccc2c(S(=O)(=O)NCc3cccc(C4N([O])C(C)(C)C(C)(C)N4[O-])n3)cccc12. The van der Waals surface area contributed by atoms with Gasteiger partial charge in [0.1, 0.15) is 6.17 Å². The van der Waals surface area contributed by atoms with E-state index < -0.39 is 27.3 Å². The van der Waals surface area contributed by atoms with Gasteiger partial charge in [-0.3, -0.25) is 4.98 Å². The quantitative estimate of drug-likeness (QED) is 0.551. The summed E-state index contributed by atoms with van der Waals surface area (Å²) in [6.07, 6.45) is -1.11. The number of rotatable bonds is 6. The van der Waals surface area contributed by atoms with E-state index in [4.69, 9.17) is 0 Å². The number of aromatic nitrogens is 1. The molecule has 3 aromatic rings. The number of benzene rings is 2. The highest BCUT2D eigenvalue weighted by Crippen LogP contribution is 2.47. The number of nitrogens with zero attached hydrogens (tertiary/aromatic N) is 4. The second-order valence-corrected chi connectivity index (χ2v) is 11.8. The van der Waals surface area contributed by atoms with Crippen LogP contribution in [0.1, 0.15) is 45.2 Å². The maximum Gasteiger partial charge on any atom is 0.241 e. The number of pyridine rings is 1. The summed E-state index contributed by atoms with van der Waals surface area (Å²) in [6, 6.07) is 15.7. The third kappa shape index (κ3) is 4.20. The maximum absolute atomic E-state index is 13.2. The van der Waals surface area contributed by atoms with Crippen LogP contribution in [-0.4, -0.2) is 48.7 Å². The van der Waals surface area contributed by atoms with Crippen molar-refractivity contribution in [2.24, 2.45) is 0 Å². The average molecular weight is 498 g/mol. The highest BCUT2D eigenvalue weighted by molar-refractivity contribution is 7.89. The highest BCUT2D eigenvalue weighted by Gasteiger charge is 2.55. The Kier molecular flexibility index (Phi) is 6.41. The van der Waals surface area contributed by atoms with E-state index in [1.54, 1.807) is 64.1 Å². The lowest BCUT2D eigenvalue weighted by Crippen LogP contribution is -2.51. The molecule has 0 saturated carbocycles. The van der Waals surface area contributed by atoms with Crippen molar-refractivity contribution in [1.82, 2.24) is 19.8 Å². The van der Waals surface area contributed by atoms with E-state index in [1.165, 1.54) is 0 Å². The summed E-state index contributed by atoms with van der Waals surface area (Å²) in [4.78, 5) is 6.57. The predicted molar refractivity (Wildman–Crippen MR) is 135 cm³/mol. The van der Waals surface area contributed by atoms with Crippen LogP contribution in [0.15, 0.2) is 59.5 Å². The van der Waals surface area contributed by atoms with Crippen LogP contribution >= 0.6 is 0 Å². The molecule has 1 fully saturated rings. The van der Waals surface area contributed by atoms with Gasteiger partial charge in [0.2, 0.25) is 10.0 Å². The van der Waals surface area contributed by atoms with Crippen molar-refractivity contribution in [2.45, 2.75) is 56.4 Å². The summed E-state index contributed by atoms with van der Waals surface area (Å²) in [6.45, 7) is 6.84. The number of sulfonamides is 1. The van der Waals surface area contributed by atoms with Crippen LogP contribution in [-0.2, 0) is 21.8 Å². The van der Waals surface area contributed by atoms with Gasteiger partial charge in [-0.15, -0.1) is 10.3 Å². The van der Waals surface area contributed by atoms with E-state index in [9.17, 15) is 18.8 Å². The van der Waals surface area contributed by atoms with E-state index in [0.29, 0.717) is 11.1 Å². The first kappa shape index (κ1) is 25.5. The first-order valence-corrected chi connectivity index (χ1v) is 12.8. The molecular formula is C25H31N5O4S-. The van der Waals surface area contributed by atoms with Crippen LogP contribution in [0, 0.1) is 5.21 Å². The summed E-state index contributed by atoms with van der Waals surface area (Å²) in [7, 11) is -0.0545. The molecule has 35 heavy (non-hydrogen) atoms. The minimum absolute atomic E-state index is 0.0862. The number of fused-ring (bicyclic) bond motifs is 1. The van der Waals surface area contributed by atoms with Gasteiger partial charge in [-0.2, -0.15) is 0 Å². The number of nitrogens with one attached hydrogen (secondary N) is 1. The molecule has 1 aliphatic heterocycles. The zero-order valence-electron chi connectivity index (χ0n) is 20.8. The first-order chi connectivity index (χ1) is 16.3. The average Bonchev–Trinajstić information content (AvgIpc) is 2.93. The lowest BCUT2D eigenvalue weighted by atomic mass is 9.84. The van der Waals surface area contributed by atoms with Crippen LogP contribution < -0.4 is 9.62 Å². The second kappa shape index (κ2) is 8.81. The summed E-state index contributed by atoms with van der Waals surface area (Å²) >= 11 is 0. The lowest BCUT2D eigenvalue weighted by molar-refractivity contribution is -0.232.